The summed E-state index contributed by atoms with van der Waals surface area (Å²) in [7, 11) is 0. The molecule has 2 rings (SSSR count). The molecule has 84 valence electrons. The van der Waals surface area contributed by atoms with Crippen molar-refractivity contribution in [2.24, 2.45) is 0 Å². The van der Waals surface area contributed by atoms with Gasteiger partial charge >= 0.3 is 0 Å². The van der Waals surface area contributed by atoms with Gasteiger partial charge in [0.25, 0.3) is 0 Å². The highest BCUT2D eigenvalue weighted by molar-refractivity contribution is 5.72. The Hall–Kier alpha value is -1.57. The topological polar surface area (TPSA) is 26.0 Å². The predicted octanol–water partition coefficient (Wildman–Crippen LogP) is 3.88. The molecular weight excluding hydrogens is 198 g/mol. The van der Waals surface area contributed by atoms with E-state index in [1.807, 2.05) is 13.8 Å². The van der Waals surface area contributed by atoms with Gasteiger partial charge in [0.15, 0.2) is 0 Å². The molecule has 0 spiro atoms. The summed E-state index contributed by atoms with van der Waals surface area (Å²) in [6.45, 7) is 10.4. The van der Waals surface area contributed by atoms with Crippen LogP contribution < -0.4 is 0 Å². The molecule has 0 fully saturated rings. The minimum Gasteiger partial charge on any atom is -0.361 e. The molecule has 0 aliphatic rings. The number of hydrogen-bond donors (Lipinski definition) is 0. The Labute approximate surface area is 96.3 Å². The van der Waals surface area contributed by atoms with Crippen LogP contribution in [0.1, 0.15) is 28.1 Å². The van der Waals surface area contributed by atoms with Crippen LogP contribution in [0.15, 0.2) is 16.7 Å². The standard InChI is InChI=1S/C14H17NO/c1-8-6-10(3)13(7-9(8)2)14-11(4)15-16-12(14)5/h6-7H,1-5H3. The molecule has 0 saturated heterocycles. The largest absolute Gasteiger partial charge is 0.361 e. The number of aromatic nitrogens is 1. The fraction of sp³-hybridized carbons (Fsp3) is 0.357. The van der Waals surface area contributed by atoms with E-state index < -0.39 is 0 Å². The second-order valence-corrected chi connectivity index (χ2v) is 4.45. The Kier molecular flexibility index (Phi) is 2.58. The summed E-state index contributed by atoms with van der Waals surface area (Å²) in [5.74, 6) is 0.892. The highest BCUT2D eigenvalue weighted by Gasteiger charge is 2.14. The van der Waals surface area contributed by atoms with Crippen molar-refractivity contribution in [2.75, 3.05) is 0 Å². The SMILES string of the molecule is Cc1cc(C)c(-c2c(C)noc2C)cc1C. The van der Waals surface area contributed by atoms with Gasteiger partial charge in [-0.3, -0.25) is 0 Å². The van der Waals surface area contributed by atoms with Crippen LogP contribution in [-0.2, 0) is 0 Å². The van der Waals surface area contributed by atoms with E-state index in [1.165, 1.54) is 22.3 Å². The summed E-state index contributed by atoms with van der Waals surface area (Å²) in [5, 5.41) is 4.01. The van der Waals surface area contributed by atoms with E-state index in [0.717, 1.165) is 17.0 Å². The van der Waals surface area contributed by atoms with E-state index in [0.29, 0.717) is 0 Å². The minimum absolute atomic E-state index is 0.892. The lowest BCUT2D eigenvalue weighted by Gasteiger charge is -2.09. The van der Waals surface area contributed by atoms with Crippen molar-refractivity contribution in [2.45, 2.75) is 34.6 Å². The molecule has 0 aliphatic carbocycles. The van der Waals surface area contributed by atoms with Gasteiger partial charge in [0, 0.05) is 5.56 Å². The van der Waals surface area contributed by atoms with Gasteiger partial charge in [0.2, 0.25) is 0 Å². The highest BCUT2D eigenvalue weighted by Crippen LogP contribution is 2.31. The molecule has 0 bridgehead atoms. The van der Waals surface area contributed by atoms with Crippen molar-refractivity contribution in [3.05, 3.63) is 40.3 Å². The minimum atomic E-state index is 0.892. The molecule has 16 heavy (non-hydrogen) atoms. The van der Waals surface area contributed by atoms with Gasteiger partial charge in [-0.1, -0.05) is 17.3 Å². The second kappa shape index (κ2) is 3.78. The lowest BCUT2D eigenvalue weighted by molar-refractivity contribution is 0.393. The molecule has 2 nitrogen and oxygen atoms in total. The molecule has 1 aromatic heterocycles. The fourth-order valence-corrected chi connectivity index (χ4v) is 2.10. The molecule has 1 heterocycles. The molecule has 0 amide bonds. The molecule has 0 unspecified atom stereocenters. The lowest BCUT2D eigenvalue weighted by atomic mass is 9.95. The fourth-order valence-electron chi connectivity index (χ4n) is 2.10. The van der Waals surface area contributed by atoms with Crippen molar-refractivity contribution in [3.63, 3.8) is 0 Å². The number of nitrogens with zero attached hydrogens (tertiary/aromatic N) is 1. The highest BCUT2D eigenvalue weighted by atomic mass is 16.5. The summed E-state index contributed by atoms with van der Waals surface area (Å²) in [6.07, 6.45) is 0. The molecule has 2 aromatic rings. The van der Waals surface area contributed by atoms with Crippen LogP contribution in [0.4, 0.5) is 0 Å². The molecule has 2 heteroatoms. The molecule has 0 radical (unpaired) electrons. The van der Waals surface area contributed by atoms with Crippen molar-refractivity contribution in [1.82, 2.24) is 5.16 Å². The van der Waals surface area contributed by atoms with Crippen molar-refractivity contribution in [3.8, 4) is 11.1 Å². The summed E-state index contributed by atoms with van der Waals surface area (Å²) in [6, 6.07) is 4.44. The zero-order chi connectivity index (χ0) is 11.9. The molecule has 0 aliphatic heterocycles. The molecule has 0 saturated carbocycles. The molecule has 1 aromatic carbocycles. The van der Waals surface area contributed by atoms with E-state index in [1.54, 1.807) is 0 Å². The van der Waals surface area contributed by atoms with Crippen LogP contribution in [0.3, 0.4) is 0 Å². The van der Waals surface area contributed by atoms with E-state index in [9.17, 15) is 0 Å². The van der Waals surface area contributed by atoms with Crippen LogP contribution in [0, 0.1) is 34.6 Å². The Morgan fingerprint density at radius 2 is 1.50 bits per heavy atom. The van der Waals surface area contributed by atoms with E-state index in [-0.39, 0.29) is 0 Å². The van der Waals surface area contributed by atoms with Crippen molar-refractivity contribution < 1.29 is 4.52 Å². The summed E-state index contributed by atoms with van der Waals surface area (Å²) in [4.78, 5) is 0. The first-order chi connectivity index (χ1) is 7.50. The van der Waals surface area contributed by atoms with Crippen LogP contribution in [0.25, 0.3) is 11.1 Å². The smallest absolute Gasteiger partial charge is 0.141 e. The van der Waals surface area contributed by atoms with Gasteiger partial charge in [0.05, 0.1) is 5.69 Å². The predicted molar refractivity (Wildman–Crippen MR) is 65.6 cm³/mol. The third-order valence-electron chi connectivity index (χ3n) is 3.14. The number of aryl methyl sites for hydroxylation is 5. The zero-order valence-electron chi connectivity index (χ0n) is 10.5. The first kappa shape index (κ1) is 10.9. The van der Waals surface area contributed by atoms with Gasteiger partial charge in [-0.25, -0.2) is 0 Å². The van der Waals surface area contributed by atoms with Crippen molar-refractivity contribution in [1.29, 1.82) is 0 Å². The summed E-state index contributed by atoms with van der Waals surface area (Å²) in [5.41, 5.74) is 7.25. The van der Waals surface area contributed by atoms with Crippen LogP contribution >= 0.6 is 0 Å². The zero-order valence-corrected chi connectivity index (χ0v) is 10.5. The average molecular weight is 215 g/mol. The Morgan fingerprint density at radius 3 is 2.06 bits per heavy atom. The molecular formula is C14H17NO. The van der Waals surface area contributed by atoms with Gasteiger partial charge in [-0.05, 0) is 56.9 Å². The first-order valence-electron chi connectivity index (χ1n) is 5.52. The maximum absolute atomic E-state index is 5.22. The monoisotopic (exact) mass is 215 g/mol. The number of benzene rings is 1. The number of hydrogen-bond acceptors (Lipinski definition) is 2. The first-order valence-corrected chi connectivity index (χ1v) is 5.52. The maximum Gasteiger partial charge on any atom is 0.141 e. The van der Waals surface area contributed by atoms with E-state index in [4.69, 9.17) is 4.52 Å². The van der Waals surface area contributed by atoms with Crippen LogP contribution in [0.5, 0.6) is 0 Å². The Bertz CT molecular complexity index is 518. The van der Waals surface area contributed by atoms with Gasteiger partial charge in [0.1, 0.15) is 5.76 Å². The Balaban J connectivity index is 2.69. The number of rotatable bonds is 1. The average Bonchev–Trinajstić information content (AvgIpc) is 2.53. The third kappa shape index (κ3) is 1.64. The van der Waals surface area contributed by atoms with Crippen LogP contribution in [0.2, 0.25) is 0 Å². The third-order valence-corrected chi connectivity index (χ3v) is 3.14. The van der Waals surface area contributed by atoms with E-state index >= 15 is 0 Å². The second-order valence-electron chi connectivity index (χ2n) is 4.45. The van der Waals surface area contributed by atoms with Crippen LogP contribution in [-0.4, -0.2) is 5.16 Å². The van der Waals surface area contributed by atoms with Gasteiger partial charge < -0.3 is 4.52 Å². The van der Waals surface area contributed by atoms with E-state index in [2.05, 4.69) is 38.1 Å². The van der Waals surface area contributed by atoms with Gasteiger partial charge in [-0.15, -0.1) is 0 Å². The molecule has 0 atom stereocenters. The quantitative estimate of drug-likeness (QED) is 0.721. The maximum atomic E-state index is 5.22. The molecule has 0 N–H and O–H groups in total. The van der Waals surface area contributed by atoms with Gasteiger partial charge in [-0.2, -0.15) is 0 Å². The normalized spacial score (nSPS) is 10.8. The summed E-state index contributed by atoms with van der Waals surface area (Å²) >= 11 is 0. The summed E-state index contributed by atoms with van der Waals surface area (Å²) < 4.78 is 5.22. The lowest BCUT2D eigenvalue weighted by Crippen LogP contribution is -1.90. The Morgan fingerprint density at radius 1 is 0.875 bits per heavy atom. The van der Waals surface area contributed by atoms with Crippen molar-refractivity contribution >= 4 is 0 Å².